The zero-order valence-corrected chi connectivity index (χ0v) is 11.5. The number of nitrogens with two attached hydrogens (primary N) is 1. The molecule has 114 valence electrons. The van der Waals surface area contributed by atoms with Gasteiger partial charge in [0, 0.05) is 26.1 Å². The number of hydrogen-bond donors (Lipinski definition) is 3. The predicted octanol–water partition coefficient (Wildman–Crippen LogP) is -0.474. The van der Waals surface area contributed by atoms with Gasteiger partial charge in [-0.25, -0.2) is 9.59 Å². The van der Waals surface area contributed by atoms with Gasteiger partial charge in [0.05, 0.1) is 6.10 Å². The zero-order valence-electron chi connectivity index (χ0n) is 11.5. The molecule has 1 unspecified atom stereocenters. The molecule has 20 heavy (non-hydrogen) atoms. The molecule has 8 nitrogen and oxygen atoms in total. The number of ether oxygens (including phenoxy) is 1. The number of rotatable bonds is 5. The Labute approximate surface area is 117 Å². The molecule has 0 aromatic heterocycles. The van der Waals surface area contributed by atoms with E-state index in [1.807, 2.05) is 6.92 Å². The van der Waals surface area contributed by atoms with Gasteiger partial charge in [0.25, 0.3) is 0 Å². The van der Waals surface area contributed by atoms with Gasteiger partial charge in [-0.15, -0.1) is 0 Å². The number of amides is 3. The van der Waals surface area contributed by atoms with Gasteiger partial charge < -0.3 is 25.8 Å². The summed E-state index contributed by atoms with van der Waals surface area (Å²) in [4.78, 5) is 35.3. The van der Waals surface area contributed by atoms with Crippen molar-refractivity contribution in [1.29, 1.82) is 0 Å². The minimum absolute atomic E-state index is 0.0176. The van der Waals surface area contributed by atoms with E-state index in [2.05, 4.69) is 5.32 Å². The Kier molecular flexibility index (Phi) is 6.23. The van der Waals surface area contributed by atoms with Gasteiger partial charge >= 0.3 is 12.0 Å². The third-order valence-electron chi connectivity index (χ3n) is 3.01. The van der Waals surface area contributed by atoms with E-state index in [-0.39, 0.29) is 18.9 Å². The maximum Gasteiger partial charge on any atom is 0.326 e. The summed E-state index contributed by atoms with van der Waals surface area (Å²) in [5.41, 5.74) is 4.98. The minimum Gasteiger partial charge on any atom is -0.480 e. The summed E-state index contributed by atoms with van der Waals surface area (Å²) in [6.45, 7) is 3.36. The van der Waals surface area contributed by atoms with Crippen LogP contribution in [0, 0.1) is 0 Å². The second-order valence-electron chi connectivity index (χ2n) is 4.83. The number of carboxylic acid groups (broad SMARTS) is 1. The highest BCUT2D eigenvalue weighted by Gasteiger charge is 2.25. The van der Waals surface area contributed by atoms with E-state index in [1.165, 1.54) is 4.90 Å². The Morgan fingerprint density at radius 1 is 1.50 bits per heavy atom. The first-order valence-electron chi connectivity index (χ1n) is 6.58. The van der Waals surface area contributed by atoms with E-state index in [9.17, 15) is 14.4 Å². The lowest BCUT2D eigenvalue weighted by Crippen LogP contribution is -2.49. The van der Waals surface area contributed by atoms with Crippen LogP contribution in [-0.2, 0) is 14.3 Å². The molecule has 1 heterocycles. The highest BCUT2D eigenvalue weighted by Crippen LogP contribution is 2.07. The lowest BCUT2D eigenvalue weighted by Gasteiger charge is -2.24. The van der Waals surface area contributed by atoms with E-state index in [4.69, 9.17) is 15.6 Å². The number of aliphatic carboxylic acids is 1. The molecule has 1 rings (SSSR count). The number of urea groups is 1. The van der Waals surface area contributed by atoms with Gasteiger partial charge in [0.15, 0.2) is 0 Å². The predicted molar refractivity (Wildman–Crippen MR) is 70.0 cm³/mol. The van der Waals surface area contributed by atoms with Crippen LogP contribution in [0.3, 0.4) is 0 Å². The Morgan fingerprint density at radius 2 is 2.20 bits per heavy atom. The molecular formula is C12H21N3O5. The molecule has 0 aromatic rings. The van der Waals surface area contributed by atoms with Crippen molar-refractivity contribution in [3.63, 3.8) is 0 Å². The highest BCUT2D eigenvalue weighted by atomic mass is 16.5. The van der Waals surface area contributed by atoms with Crippen molar-refractivity contribution in [1.82, 2.24) is 10.2 Å². The summed E-state index contributed by atoms with van der Waals surface area (Å²) in [5.74, 6) is -1.78. The second-order valence-corrected chi connectivity index (χ2v) is 4.83. The number of carbonyl (C=O) groups excluding carboxylic acids is 2. The fourth-order valence-corrected chi connectivity index (χ4v) is 1.96. The van der Waals surface area contributed by atoms with E-state index in [1.54, 1.807) is 0 Å². The molecule has 4 N–H and O–H groups in total. The number of nitrogens with one attached hydrogen (secondary N) is 1. The van der Waals surface area contributed by atoms with Crippen LogP contribution in [0.2, 0.25) is 0 Å². The first-order valence-corrected chi connectivity index (χ1v) is 6.58. The second kappa shape index (κ2) is 7.68. The third kappa shape index (κ3) is 5.43. The fourth-order valence-electron chi connectivity index (χ4n) is 1.96. The van der Waals surface area contributed by atoms with Crippen molar-refractivity contribution in [2.75, 3.05) is 19.7 Å². The number of carboxylic acids is 1. The normalized spacial score (nSPS) is 20.9. The van der Waals surface area contributed by atoms with Crippen LogP contribution in [0.15, 0.2) is 0 Å². The number of hydrogen-bond acceptors (Lipinski definition) is 4. The highest BCUT2D eigenvalue weighted by molar-refractivity contribution is 5.83. The van der Waals surface area contributed by atoms with Crippen LogP contribution in [0.1, 0.15) is 26.2 Å². The number of nitrogens with zero attached hydrogens (tertiary/aromatic N) is 1. The van der Waals surface area contributed by atoms with Gasteiger partial charge in [0.2, 0.25) is 5.91 Å². The van der Waals surface area contributed by atoms with Crippen molar-refractivity contribution in [3.8, 4) is 0 Å². The van der Waals surface area contributed by atoms with Crippen molar-refractivity contribution in [2.45, 2.75) is 38.3 Å². The van der Waals surface area contributed by atoms with Gasteiger partial charge in [-0.3, -0.25) is 4.79 Å². The third-order valence-corrected chi connectivity index (χ3v) is 3.01. The molecule has 1 saturated heterocycles. The van der Waals surface area contributed by atoms with E-state index < -0.39 is 23.9 Å². The van der Waals surface area contributed by atoms with E-state index in [0.717, 1.165) is 0 Å². The Morgan fingerprint density at radius 3 is 2.80 bits per heavy atom. The summed E-state index contributed by atoms with van der Waals surface area (Å²) in [6, 6.07) is -1.58. The van der Waals surface area contributed by atoms with Crippen molar-refractivity contribution >= 4 is 17.9 Å². The van der Waals surface area contributed by atoms with Gasteiger partial charge in [0.1, 0.15) is 6.04 Å². The fraction of sp³-hybridized carbons (Fsp3) is 0.750. The summed E-state index contributed by atoms with van der Waals surface area (Å²) in [5, 5.41) is 11.4. The molecule has 0 aromatic carbocycles. The number of primary amides is 1. The topological polar surface area (TPSA) is 122 Å². The summed E-state index contributed by atoms with van der Waals surface area (Å²) in [6.07, 6.45) is 0.515. The molecule has 0 bridgehead atoms. The molecule has 0 saturated carbocycles. The average Bonchev–Trinajstić information content (AvgIpc) is 2.58. The molecule has 8 heteroatoms. The molecular weight excluding hydrogens is 266 g/mol. The quantitative estimate of drug-likeness (QED) is 0.630. The Hall–Kier alpha value is -1.83. The molecule has 1 aliphatic rings. The molecule has 3 amide bonds. The lowest BCUT2D eigenvalue weighted by molar-refractivity contribution is -0.139. The molecule has 1 fully saturated rings. The maximum absolute atomic E-state index is 12.0. The molecule has 2 atom stereocenters. The Bertz CT molecular complexity index is 374. The van der Waals surface area contributed by atoms with E-state index >= 15 is 0 Å². The standard InChI is InChI=1S/C12H21N3O5/c1-8-7-15(5-2-6-20-8)12(19)14-9(11(17)18)3-4-10(13)16/h8-9H,2-7H2,1H3,(H2,13,16)(H,14,19)(H,17,18)/t8?,9-/m1/s1. The van der Waals surface area contributed by atoms with Crippen LogP contribution < -0.4 is 11.1 Å². The van der Waals surface area contributed by atoms with Crippen molar-refractivity contribution in [2.24, 2.45) is 5.73 Å². The van der Waals surface area contributed by atoms with Crippen LogP contribution in [0.25, 0.3) is 0 Å². The van der Waals surface area contributed by atoms with Crippen LogP contribution in [-0.4, -0.2) is 59.8 Å². The van der Waals surface area contributed by atoms with E-state index in [0.29, 0.717) is 26.1 Å². The van der Waals surface area contributed by atoms with Gasteiger partial charge in [-0.05, 0) is 19.8 Å². The van der Waals surface area contributed by atoms with Crippen LogP contribution >= 0.6 is 0 Å². The monoisotopic (exact) mass is 287 g/mol. The average molecular weight is 287 g/mol. The molecule has 0 radical (unpaired) electrons. The van der Waals surface area contributed by atoms with Crippen LogP contribution in [0.4, 0.5) is 4.79 Å². The van der Waals surface area contributed by atoms with Crippen molar-refractivity contribution in [3.05, 3.63) is 0 Å². The van der Waals surface area contributed by atoms with Gasteiger partial charge in [-0.2, -0.15) is 0 Å². The number of carbonyl (C=O) groups is 3. The minimum atomic E-state index is -1.18. The van der Waals surface area contributed by atoms with Crippen molar-refractivity contribution < 1.29 is 24.2 Å². The summed E-state index contributed by atoms with van der Waals surface area (Å²) < 4.78 is 5.42. The maximum atomic E-state index is 12.0. The molecule has 0 spiro atoms. The first kappa shape index (κ1) is 16.2. The Balaban J connectivity index is 2.55. The summed E-state index contributed by atoms with van der Waals surface area (Å²) >= 11 is 0. The smallest absolute Gasteiger partial charge is 0.326 e. The molecule has 1 aliphatic heterocycles. The first-order chi connectivity index (χ1) is 9.40. The van der Waals surface area contributed by atoms with Gasteiger partial charge in [-0.1, -0.05) is 0 Å². The SMILES string of the molecule is CC1CN(C(=O)N[C@H](CCC(N)=O)C(=O)O)CCCO1. The lowest BCUT2D eigenvalue weighted by atomic mass is 10.1. The molecule has 0 aliphatic carbocycles. The summed E-state index contributed by atoms with van der Waals surface area (Å²) in [7, 11) is 0. The zero-order chi connectivity index (χ0) is 15.1. The van der Waals surface area contributed by atoms with Crippen LogP contribution in [0.5, 0.6) is 0 Å². The largest absolute Gasteiger partial charge is 0.480 e.